The molecule has 0 aliphatic heterocycles. The van der Waals surface area contributed by atoms with Crippen LogP contribution in [0.3, 0.4) is 0 Å². The standard InChI is InChI=1S/C26H29N3O4/c1-18-21(22(28-33-18)19-10-6-4-7-11-19)23(30)32-26(24(27)31)16-14-25(15-17-26,29(2)3)20-12-8-5-9-13-20/h4-13H,14-17H2,1-3H3,(H2,27,31). The summed E-state index contributed by atoms with van der Waals surface area (Å²) in [6.45, 7) is 1.65. The van der Waals surface area contributed by atoms with E-state index in [1.807, 2.05) is 62.6 Å². The summed E-state index contributed by atoms with van der Waals surface area (Å²) in [5.74, 6) is -0.948. The van der Waals surface area contributed by atoms with Crippen LogP contribution in [-0.2, 0) is 15.1 Å². The zero-order valence-electron chi connectivity index (χ0n) is 19.2. The second-order valence-electron chi connectivity index (χ2n) is 8.87. The monoisotopic (exact) mass is 447 g/mol. The highest BCUT2D eigenvalue weighted by atomic mass is 16.6. The Kier molecular flexibility index (Phi) is 6.08. The zero-order chi connectivity index (χ0) is 23.6. The maximum atomic E-state index is 13.3. The molecular formula is C26H29N3O4. The van der Waals surface area contributed by atoms with Gasteiger partial charge in [-0.2, -0.15) is 0 Å². The summed E-state index contributed by atoms with van der Waals surface area (Å²) in [5.41, 5.74) is 6.67. The van der Waals surface area contributed by atoms with E-state index in [-0.39, 0.29) is 11.1 Å². The molecule has 0 radical (unpaired) electrons. The van der Waals surface area contributed by atoms with Gasteiger partial charge in [-0.25, -0.2) is 4.79 Å². The lowest BCUT2D eigenvalue weighted by Crippen LogP contribution is -2.55. The third kappa shape index (κ3) is 4.04. The van der Waals surface area contributed by atoms with E-state index in [0.29, 0.717) is 37.1 Å². The van der Waals surface area contributed by atoms with E-state index >= 15 is 0 Å². The van der Waals surface area contributed by atoms with Gasteiger partial charge in [0, 0.05) is 11.1 Å². The van der Waals surface area contributed by atoms with Crippen molar-refractivity contribution in [2.24, 2.45) is 5.73 Å². The molecule has 1 heterocycles. The van der Waals surface area contributed by atoms with E-state index in [1.54, 1.807) is 6.92 Å². The molecule has 1 amide bonds. The predicted molar refractivity (Wildman–Crippen MR) is 124 cm³/mol. The number of carbonyl (C=O) groups is 2. The maximum absolute atomic E-state index is 13.3. The molecule has 4 rings (SSSR count). The Morgan fingerprint density at radius 3 is 2.09 bits per heavy atom. The molecule has 2 N–H and O–H groups in total. The van der Waals surface area contributed by atoms with Crippen molar-refractivity contribution in [1.29, 1.82) is 0 Å². The minimum atomic E-state index is -1.39. The number of ether oxygens (including phenoxy) is 1. The highest BCUT2D eigenvalue weighted by molar-refractivity contribution is 5.99. The second kappa shape index (κ2) is 8.83. The van der Waals surface area contributed by atoms with Crippen molar-refractivity contribution in [1.82, 2.24) is 10.1 Å². The molecule has 1 aromatic heterocycles. The molecule has 1 aliphatic carbocycles. The van der Waals surface area contributed by atoms with Gasteiger partial charge in [-0.15, -0.1) is 0 Å². The molecule has 172 valence electrons. The highest BCUT2D eigenvalue weighted by Crippen LogP contribution is 2.46. The number of nitrogens with two attached hydrogens (primary N) is 1. The SMILES string of the molecule is Cc1onc(-c2ccccc2)c1C(=O)OC1(C(N)=O)CCC(c2ccccc2)(N(C)C)CC1. The number of rotatable bonds is 6. The van der Waals surface area contributed by atoms with Crippen LogP contribution in [0.4, 0.5) is 0 Å². The largest absolute Gasteiger partial charge is 0.445 e. The Labute approximate surface area is 193 Å². The molecule has 1 saturated carbocycles. The first kappa shape index (κ1) is 22.7. The quantitative estimate of drug-likeness (QED) is 0.572. The van der Waals surface area contributed by atoms with Crippen LogP contribution >= 0.6 is 0 Å². The molecule has 0 saturated heterocycles. The molecule has 3 aromatic rings. The number of hydrogen-bond donors (Lipinski definition) is 1. The van der Waals surface area contributed by atoms with Gasteiger partial charge in [0.15, 0.2) is 5.60 Å². The maximum Gasteiger partial charge on any atom is 0.345 e. The highest BCUT2D eigenvalue weighted by Gasteiger charge is 2.51. The minimum Gasteiger partial charge on any atom is -0.445 e. The molecule has 7 nitrogen and oxygen atoms in total. The van der Waals surface area contributed by atoms with Gasteiger partial charge in [0.05, 0.1) is 0 Å². The van der Waals surface area contributed by atoms with Gasteiger partial charge < -0.3 is 15.0 Å². The van der Waals surface area contributed by atoms with Crippen molar-refractivity contribution in [3.63, 3.8) is 0 Å². The molecule has 1 aliphatic rings. The van der Waals surface area contributed by atoms with Gasteiger partial charge in [0.1, 0.15) is 17.0 Å². The van der Waals surface area contributed by atoms with Crippen molar-refractivity contribution in [3.8, 4) is 11.3 Å². The summed E-state index contributed by atoms with van der Waals surface area (Å²) in [7, 11) is 4.06. The molecule has 33 heavy (non-hydrogen) atoms. The third-order valence-corrected chi connectivity index (χ3v) is 6.90. The molecule has 2 aromatic carbocycles. The van der Waals surface area contributed by atoms with Crippen molar-refractivity contribution >= 4 is 11.9 Å². The van der Waals surface area contributed by atoms with Crippen molar-refractivity contribution in [3.05, 3.63) is 77.6 Å². The Morgan fingerprint density at radius 2 is 1.55 bits per heavy atom. The van der Waals surface area contributed by atoms with Crippen LogP contribution in [0.2, 0.25) is 0 Å². The first-order chi connectivity index (χ1) is 15.8. The van der Waals surface area contributed by atoms with E-state index in [9.17, 15) is 9.59 Å². The van der Waals surface area contributed by atoms with Gasteiger partial charge in [-0.3, -0.25) is 9.69 Å². The van der Waals surface area contributed by atoms with Crippen LogP contribution in [0.1, 0.15) is 47.4 Å². The topological polar surface area (TPSA) is 98.7 Å². The number of aryl methyl sites for hydroxylation is 1. The van der Waals surface area contributed by atoms with Crippen molar-refractivity contribution in [2.75, 3.05) is 14.1 Å². The summed E-state index contributed by atoms with van der Waals surface area (Å²) in [6, 6.07) is 19.4. The average Bonchev–Trinajstić information content (AvgIpc) is 3.22. The number of nitrogens with zero attached hydrogens (tertiary/aromatic N) is 2. The van der Waals surface area contributed by atoms with E-state index < -0.39 is 17.5 Å². The zero-order valence-corrected chi connectivity index (χ0v) is 19.2. The summed E-state index contributed by atoms with van der Waals surface area (Å²) in [6.07, 6.45) is 1.89. The fourth-order valence-electron chi connectivity index (χ4n) is 4.84. The first-order valence-electron chi connectivity index (χ1n) is 11.1. The van der Waals surface area contributed by atoms with E-state index in [4.69, 9.17) is 15.0 Å². The minimum absolute atomic E-state index is 0.217. The number of primary amides is 1. The fraction of sp³-hybridized carbons (Fsp3) is 0.346. The molecule has 7 heteroatoms. The predicted octanol–water partition coefficient (Wildman–Crippen LogP) is 4.06. The van der Waals surface area contributed by atoms with Gasteiger partial charge in [-0.05, 0) is 52.3 Å². The fourth-order valence-corrected chi connectivity index (χ4v) is 4.84. The number of aromatic nitrogens is 1. The summed E-state index contributed by atoms with van der Waals surface area (Å²) in [4.78, 5) is 28.1. The van der Waals surface area contributed by atoms with E-state index in [1.165, 1.54) is 5.56 Å². The van der Waals surface area contributed by atoms with Crippen molar-refractivity contribution < 1.29 is 18.8 Å². The Morgan fingerprint density at radius 1 is 0.970 bits per heavy atom. The number of amides is 1. The first-order valence-corrected chi connectivity index (χ1v) is 11.1. The van der Waals surface area contributed by atoms with E-state index in [2.05, 4.69) is 22.2 Å². The summed E-state index contributed by atoms with van der Waals surface area (Å²) in [5, 5.41) is 4.05. The molecular weight excluding hydrogens is 418 g/mol. The normalized spacial score (nSPS) is 22.8. The van der Waals surface area contributed by atoms with Crippen LogP contribution in [0.15, 0.2) is 65.2 Å². The average molecular weight is 448 g/mol. The van der Waals surface area contributed by atoms with Gasteiger partial charge in [-0.1, -0.05) is 65.8 Å². The van der Waals surface area contributed by atoms with Crippen LogP contribution < -0.4 is 5.73 Å². The number of esters is 1. The van der Waals surface area contributed by atoms with Crippen LogP contribution in [0, 0.1) is 6.92 Å². The molecule has 0 spiro atoms. The van der Waals surface area contributed by atoms with Gasteiger partial charge in [0.2, 0.25) is 0 Å². The lowest BCUT2D eigenvalue weighted by Gasteiger charge is -2.48. The summed E-state index contributed by atoms with van der Waals surface area (Å²) >= 11 is 0. The Hall–Kier alpha value is -3.45. The number of carbonyl (C=O) groups excluding carboxylic acids is 2. The Bertz CT molecular complexity index is 1130. The Balaban J connectivity index is 1.62. The lowest BCUT2D eigenvalue weighted by molar-refractivity contribution is -0.144. The smallest absolute Gasteiger partial charge is 0.345 e. The third-order valence-electron chi connectivity index (χ3n) is 6.90. The molecule has 0 unspecified atom stereocenters. The molecule has 0 atom stereocenters. The second-order valence-corrected chi connectivity index (χ2v) is 8.87. The van der Waals surface area contributed by atoms with Crippen LogP contribution in [0.5, 0.6) is 0 Å². The molecule has 1 fully saturated rings. The molecule has 0 bridgehead atoms. The van der Waals surface area contributed by atoms with Crippen LogP contribution in [-0.4, -0.2) is 41.6 Å². The van der Waals surface area contributed by atoms with Crippen LogP contribution in [0.25, 0.3) is 11.3 Å². The lowest BCUT2D eigenvalue weighted by atomic mass is 9.69. The number of benzene rings is 2. The van der Waals surface area contributed by atoms with E-state index in [0.717, 1.165) is 5.56 Å². The van der Waals surface area contributed by atoms with Crippen molar-refractivity contribution in [2.45, 2.75) is 43.7 Å². The van der Waals surface area contributed by atoms with Gasteiger partial charge >= 0.3 is 5.97 Å². The van der Waals surface area contributed by atoms with Gasteiger partial charge in [0.25, 0.3) is 5.91 Å². The number of hydrogen-bond acceptors (Lipinski definition) is 6. The summed E-state index contributed by atoms with van der Waals surface area (Å²) < 4.78 is 11.2.